The molecule has 2 aromatic heterocycles. The Hall–Kier alpha value is -4.00. The highest BCUT2D eigenvalue weighted by Crippen LogP contribution is 2.39. The number of ether oxygens (including phenoxy) is 1. The van der Waals surface area contributed by atoms with Gasteiger partial charge in [-0.2, -0.15) is 5.10 Å². The van der Waals surface area contributed by atoms with Crippen LogP contribution in [0.2, 0.25) is 0 Å². The van der Waals surface area contributed by atoms with E-state index in [1.165, 1.54) is 0 Å². The standard InChI is InChI=1S/C30H35N5O2/c1-5-26-25-20-34(30(36)31-17-16-21(2)3)28(22-11-9-14-24(19-22)37-4)27-15-10-18-33(27)29(25)35(32-26)23-12-7-6-8-13-23/h6-15,18-19,21,28H,5,16-17,20H2,1-4H3,(H,31,36). The Kier molecular flexibility index (Phi) is 7.04. The van der Waals surface area contributed by atoms with Gasteiger partial charge in [0, 0.05) is 18.3 Å². The zero-order valence-electron chi connectivity index (χ0n) is 22.0. The summed E-state index contributed by atoms with van der Waals surface area (Å²) in [4.78, 5) is 15.8. The molecular formula is C30H35N5O2. The normalized spacial score (nSPS) is 14.7. The minimum absolute atomic E-state index is 0.0800. The highest BCUT2D eigenvalue weighted by atomic mass is 16.5. The average Bonchev–Trinajstić information content (AvgIpc) is 3.50. The first-order valence-corrected chi connectivity index (χ1v) is 13.0. The molecule has 0 fully saturated rings. The number of aryl methyl sites for hydroxylation is 1. The van der Waals surface area contributed by atoms with Crippen LogP contribution in [0.25, 0.3) is 11.5 Å². The maximum absolute atomic E-state index is 13.8. The van der Waals surface area contributed by atoms with Crippen LogP contribution in [-0.2, 0) is 13.0 Å². The van der Waals surface area contributed by atoms with E-state index < -0.39 is 0 Å². The van der Waals surface area contributed by atoms with Crippen LogP contribution >= 0.6 is 0 Å². The van der Waals surface area contributed by atoms with Gasteiger partial charge in [0.05, 0.1) is 36.8 Å². The third-order valence-electron chi connectivity index (χ3n) is 6.97. The van der Waals surface area contributed by atoms with Crippen LogP contribution in [-0.4, -0.2) is 38.9 Å². The van der Waals surface area contributed by atoms with Gasteiger partial charge in [0.25, 0.3) is 0 Å². The van der Waals surface area contributed by atoms with Crippen LogP contribution in [0.4, 0.5) is 4.79 Å². The van der Waals surface area contributed by atoms with E-state index in [-0.39, 0.29) is 12.1 Å². The van der Waals surface area contributed by atoms with E-state index in [0.29, 0.717) is 19.0 Å². The molecule has 3 heterocycles. The zero-order valence-corrected chi connectivity index (χ0v) is 22.0. The van der Waals surface area contributed by atoms with Crippen molar-refractivity contribution in [3.63, 3.8) is 0 Å². The summed E-state index contributed by atoms with van der Waals surface area (Å²) in [6.07, 6.45) is 3.77. The molecule has 0 aliphatic carbocycles. The third-order valence-corrected chi connectivity index (χ3v) is 6.97. The quantitative estimate of drug-likeness (QED) is 0.346. The van der Waals surface area contributed by atoms with Gasteiger partial charge in [-0.25, -0.2) is 9.48 Å². The Morgan fingerprint density at radius 3 is 2.65 bits per heavy atom. The molecule has 0 spiro atoms. The smallest absolute Gasteiger partial charge is 0.318 e. The van der Waals surface area contributed by atoms with Crippen molar-refractivity contribution in [2.45, 2.75) is 46.2 Å². The lowest BCUT2D eigenvalue weighted by molar-refractivity contribution is 0.180. The van der Waals surface area contributed by atoms with Gasteiger partial charge < -0.3 is 19.5 Å². The van der Waals surface area contributed by atoms with Crippen LogP contribution in [0.3, 0.4) is 0 Å². The summed E-state index contributed by atoms with van der Waals surface area (Å²) >= 11 is 0. The number of carbonyl (C=O) groups excluding carboxylic acids is 1. The zero-order chi connectivity index (χ0) is 25.9. The molecule has 0 bridgehead atoms. The number of urea groups is 1. The molecule has 5 rings (SSSR count). The van der Waals surface area contributed by atoms with Gasteiger partial charge in [-0.15, -0.1) is 0 Å². The Morgan fingerprint density at radius 1 is 1.11 bits per heavy atom. The van der Waals surface area contributed by atoms with Gasteiger partial charge in [-0.1, -0.05) is 51.1 Å². The molecule has 1 aliphatic rings. The summed E-state index contributed by atoms with van der Waals surface area (Å²) in [6, 6.07) is 22.0. The molecule has 2 aromatic carbocycles. The van der Waals surface area contributed by atoms with E-state index in [0.717, 1.165) is 52.6 Å². The number of rotatable bonds is 7. The number of hydrogen-bond acceptors (Lipinski definition) is 3. The predicted octanol–water partition coefficient (Wildman–Crippen LogP) is 5.89. The monoisotopic (exact) mass is 497 g/mol. The van der Waals surface area contributed by atoms with Gasteiger partial charge >= 0.3 is 6.03 Å². The van der Waals surface area contributed by atoms with Crippen molar-refractivity contribution in [2.75, 3.05) is 13.7 Å². The number of nitrogens with zero attached hydrogens (tertiary/aromatic N) is 4. The summed E-state index contributed by atoms with van der Waals surface area (Å²) < 4.78 is 9.76. The second-order valence-corrected chi connectivity index (χ2v) is 9.87. The van der Waals surface area contributed by atoms with E-state index >= 15 is 0 Å². The van der Waals surface area contributed by atoms with Crippen LogP contribution in [0.1, 0.15) is 55.7 Å². The number of methoxy groups -OCH3 is 1. The van der Waals surface area contributed by atoms with Crippen molar-refractivity contribution in [1.82, 2.24) is 24.6 Å². The first-order valence-electron chi connectivity index (χ1n) is 13.0. The number of para-hydroxylation sites is 1. The number of benzene rings is 2. The van der Waals surface area contributed by atoms with E-state index in [4.69, 9.17) is 9.84 Å². The summed E-state index contributed by atoms with van der Waals surface area (Å²) in [7, 11) is 1.67. The topological polar surface area (TPSA) is 64.3 Å². The minimum Gasteiger partial charge on any atom is -0.497 e. The van der Waals surface area contributed by atoms with Crippen LogP contribution in [0, 0.1) is 5.92 Å². The van der Waals surface area contributed by atoms with Crippen molar-refractivity contribution in [1.29, 1.82) is 0 Å². The molecule has 7 heteroatoms. The lowest BCUT2D eigenvalue weighted by atomic mass is 10.0. The molecule has 4 aromatic rings. The molecule has 37 heavy (non-hydrogen) atoms. The van der Waals surface area contributed by atoms with Crippen LogP contribution in [0.5, 0.6) is 5.75 Å². The molecular weight excluding hydrogens is 462 g/mol. The summed E-state index contributed by atoms with van der Waals surface area (Å²) in [5.74, 6) is 2.26. The maximum Gasteiger partial charge on any atom is 0.318 e. The SMILES string of the molecule is CCc1nn(-c2ccccc2)c2c1CN(C(=O)NCCC(C)C)C(c1cccc(OC)c1)c1cccn1-2. The van der Waals surface area contributed by atoms with E-state index in [2.05, 4.69) is 61.1 Å². The molecule has 1 aliphatic heterocycles. The minimum atomic E-state index is -0.300. The molecule has 2 amide bonds. The van der Waals surface area contributed by atoms with Gasteiger partial charge in [0.15, 0.2) is 0 Å². The molecule has 1 atom stereocenters. The number of fused-ring (bicyclic) bond motifs is 3. The molecule has 7 nitrogen and oxygen atoms in total. The summed E-state index contributed by atoms with van der Waals surface area (Å²) in [5.41, 5.74) is 5.05. The fraction of sp³-hybridized carbons (Fsp3) is 0.333. The second kappa shape index (κ2) is 10.5. The molecule has 192 valence electrons. The fourth-order valence-electron chi connectivity index (χ4n) is 5.08. The average molecular weight is 498 g/mol. The Morgan fingerprint density at radius 2 is 1.92 bits per heavy atom. The third kappa shape index (κ3) is 4.73. The number of carbonyl (C=O) groups is 1. The molecule has 1 N–H and O–H groups in total. The summed E-state index contributed by atoms with van der Waals surface area (Å²) in [6.45, 7) is 7.54. The van der Waals surface area contributed by atoms with Crippen molar-refractivity contribution in [3.8, 4) is 17.3 Å². The van der Waals surface area contributed by atoms with Crippen LogP contribution < -0.4 is 10.1 Å². The highest BCUT2D eigenvalue weighted by Gasteiger charge is 2.36. The second-order valence-electron chi connectivity index (χ2n) is 9.87. The predicted molar refractivity (Wildman–Crippen MR) is 146 cm³/mol. The van der Waals surface area contributed by atoms with Crippen molar-refractivity contribution >= 4 is 6.03 Å². The summed E-state index contributed by atoms with van der Waals surface area (Å²) in [5, 5.41) is 8.21. The highest BCUT2D eigenvalue weighted by molar-refractivity contribution is 5.76. The van der Waals surface area contributed by atoms with Crippen molar-refractivity contribution in [3.05, 3.63) is 95.4 Å². The molecule has 0 saturated heterocycles. The molecule has 1 unspecified atom stereocenters. The van der Waals surface area contributed by atoms with E-state index in [1.54, 1.807) is 7.11 Å². The number of hydrogen-bond donors (Lipinski definition) is 1. The maximum atomic E-state index is 13.8. The first kappa shape index (κ1) is 24.7. The number of aromatic nitrogens is 3. The molecule has 0 radical (unpaired) electrons. The lowest BCUT2D eigenvalue weighted by Crippen LogP contribution is -2.42. The van der Waals surface area contributed by atoms with Gasteiger partial charge in [-0.3, -0.25) is 0 Å². The van der Waals surface area contributed by atoms with E-state index in [1.807, 2.05) is 52.0 Å². The number of nitrogens with one attached hydrogen (secondary N) is 1. The Labute approximate surface area is 218 Å². The molecule has 0 saturated carbocycles. The Bertz CT molecular complexity index is 1370. The Balaban J connectivity index is 1.69. The van der Waals surface area contributed by atoms with Gasteiger partial charge in [0.1, 0.15) is 11.6 Å². The van der Waals surface area contributed by atoms with Crippen molar-refractivity contribution in [2.24, 2.45) is 5.92 Å². The van der Waals surface area contributed by atoms with Crippen molar-refractivity contribution < 1.29 is 9.53 Å². The van der Waals surface area contributed by atoms with Crippen LogP contribution in [0.15, 0.2) is 72.9 Å². The van der Waals surface area contributed by atoms with E-state index in [9.17, 15) is 4.79 Å². The lowest BCUT2D eigenvalue weighted by Gasteiger charge is -2.31. The largest absolute Gasteiger partial charge is 0.497 e. The fourth-order valence-corrected chi connectivity index (χ4v) is 5.08. The van der Waals surface area contributed by atoms with Gasteiger partial charge in [-0.05, 0) is 60.7 Å². The first-order chi connectivity index (χ1) is 18.0. The van der Waals surface area contributed by atoms with Gasteiger partial charge in [0.2, 0.25) is 0 Å². The number of amides is 2.